The van der Waals surface area contributed by atoms with Gasteiger partial charge in [-0.1, -0.05) is 37.3 Å². The second kappa shape index (κ2) is 6.34. The van der Waals surface area contributed by atoms with Crippen molar-refractivity contribution in [3.05, 3.63) is 47.7 Å². The lowest BCUT2D eigenvalue weighted by molar-refractivity contribution is -0.725. The summed E-state index contributed by atoms with van der Waals surface area (Å²) in [5, 5.41) is 12.4. The van der Waals surface area contributed by atoms with Crippen LogP contribution in [0.5, 0.6) is 0 Å². The summed E-state index contributed by atoms with van der Waals surface area (Å²) in [6, 6.07) is 10.2. The number of quaternary nitrogens is 1. The first-order chi connectivity index (χ1) is 11.8. The summed E-state index contributed by atoms with van der Waals surface area (Å²) in [5.41, 5.74) is 9.42. The van der Waals surface area contributed by atoms with E-state index in [0.29, 0.717) is 6.42 Å². The Bertz CT molecular complexity index is 940. The molecule has 6 nitrogen and oxygen atoms in total. The van der Waals surface area contributed by atoms with Crippen molar-refractivity contribution in [3.63, 3.8) is 0 Å². The highest BCUT2D eigenvalue weighted by molar-refractivity contribution is 7.85. The lowest BCUT2D eigenvalue weighted by Gasteiger charge is -2.29. The number of sulfonamides is 1. The van der Waals surface area contributed by atoms with Crippen LogP contribution in [-0.4, -0.2) is 26.3 Å². The lowest BCUT2D eigenvalue weighted by atomic mass is 9.81. The molecule has 132 valence electrons. The van der Waals surface area contributed by atoms with E-state index in [1.54, 1.807) is 13.0 Å². The molecule has 0 aliphatic heterocycles. The predicted octanol–water partition coefficient (Wildman–Crippen LogP) is 1.10. The fourth-order valence-corrected chi connectivity index (χ4v) is 4.36. The van der Waals surface area contributed by atoms with Crippen LogP contribution in [0.25, 0.3) is 22.3 Å². The highest BCUT2D eigenvalue weighted by atomic mass is 32.2. The van der Waals surface area contributed by atoms with E-state index >= 15 is 0 Å². The molecule has 2 aromatic rings. The Kier molecular flexibility index (Phi) is 4.51. The van der Waals surface area contributed by atoms with Crippen LogP contribution >= 0.6 is 0 Å². The maximum absolute atomic E-state index is 12.6. The molecule has 0 heterocycles. The molecule has 3 rings (SSSR count). The number of Topliss-reactive ketones (excluding diaryl/α,β-unsaturated/α-hetero) is 1. The third-order valence-corrected chi connectivity index (χ3v) is 6.42. The van der Waals surface area contributed by atoms with Gasteiger partial charge < -0.3 is 10.9 Å². The molecule has 0 bridgehead atoms. The summed E-state index contributed by atoms with van der Waals surface area (Å²) < 4.78 is 24.2. The zero-order valence-electron chi connectivity index (χ0n) is 14.0. The molecule has 1 aliphatic rings. The lowest BCUT2D eigenvalue weighted by Crippen LogP contribution is -3.14. The number of nitrogens with one attached hydrogen (secondary N) is 1. The molecule has 2 aromatic carbocycles. The Morgan fingerprint density at radius 3 is 2.28 bits per heavy atom. The average Bonchev–Trinajstić information content (AvgIpc) is 2.62. The van der Waals surface area contributed by atoms with Crippen LogP contribution in [0.3, 0.4) is 0 Å². The van der Waals surface area contributed by atoms with Crippen molar-refractivity contribution in [1.82, 2.24) is 0 Å². The van der Waals surface area contributed by atoms with Gasteiger partial charge in [-0.2, -0.15) is 8.42 Å². The van der Waals surface area contributed by atoms with Crippen LogP contribution in [0.15, 0.2) is 47.4 Å². The Labute approximate surface area is 146 Å². The number of benzene rings is 2. The highest BCUT2D eigenvalue weighted by Crippen LogP contribution is 2.47. The standard InChI is InChI=1S/C18H20N2O4S/c1-3-17(19)18(21)11(2)20(22)25(23,24)12-8-9-15-13-6-4-5-7-14(13)16(15)10-12/h4-11,17,20H,3,19H2,1-2H3. The summed E-state index contributed by atoms with van der Waals surface area (Å²) >= 11 is 0. The van der Waals surface area contributed by atoms with Gasteiger partial charge in [0.1, 0.15) is 4.90 Å². The minimum absolute atomic E-state index is 0.0875. The van der Waals surface area contributed by atoms with Crippen molar-refractivity contribution in [2.75, 3.05) is 0 Å². The molecule has 0 saturated carbocycles. The van der Waals surface area contributed by atoms with Gasteiger partial charge in [0.15, 0.2) is 6.04 Å². The molecule has 0 radical (unpaired) electrons. The van der Waals surface area contributed by atoms with Gasteiger partial charge >= 0.3 is 10.0 Å². The van der Waals surface area contributed by atoms with Gasteiger partial charge in [0, 0.05) is 0 Å². The van der Waals surface area contributed by atoms with Crippen molar-refractivity contribution in [3.8, 4) is 22.3 Å². The van der Waals surface area contributed by atoms with Gasteiger partial charge in [0.05, 0.1) is 6.04 Å². The predicted molar refractivity (Wildman–Crippen MR) is 95.1 cm³/mol. The van der Waals surface area contributed by atoms with Gasteiger partial charge in [-0.3, -0.25) is 9.26 Å². The summed E-state index contributed by atoms with van der Waals surface area (Å²) in [6.45, 7) is 3.01. The molecule has 0 amide bonds. The molecular formula is C18H20N2O4S. The van der Waals surface area contributed by atoms with Crippen LogP contribution in [-0.2, 0) is 14.8 Å². The fourth-order valence-electron chi connectivity index (χ4n) is 3.03. The number of hydrogen-bond donors (Lipinski definition) is 2. The summed E-state index contributed by atoms with van der Waals surface area (Å²) in [4.78, 5) is 12.0. The fraction of sp³-hybridized carbons (Fsp3) is 0.278. The zero-order valence-corrected chi connectivity index (χ0v) is 14.8. The van der Waals surface area contributed by atoms with E-state index in [9.17, 15) is 18.4 Å². The number of hydrogen-bond acceptors (Lipinski definition) is 5. The van der Waals surface area contributed by atoms with E-state index in [4.69, 9.17) is 5.73 Å². The molecule has 0 fully saturated rings. The number of carbonyl (C=O) groups excluding carboxylic acids is 1. The van der Waals surface area contributed by atoms with Crippen LogP contribution < -0.4 is 10.2 Å². The van der Waals surface area contributed by atoms with Crippen molar-refractivity contribution in [2.24, 2.45) is 5.73 Å². The first-order valence-electron chi connectivity index (χ1n) is 8.11. The molecule has 0 saturated heterocycles. The average molecular weight is 360 g/mol. The van der Waals surface area contributed by atoms with Crippen molar-refractivity contribution >= 4 is 15.8 Å². The summed E-state index contributed by atoms with van der Waals surface area (Å²) in [7, 11) is -4.25. The van der Waals surface area contributed by atoms with Crippen LogP contribution in [0.2, 0.25) is 0 Å². The quantitative estimate of drug-likeness (QED) is 0.641. The molecule has 25 heavy (non-hydrogen) atoms. The molecule has 3 N–H and O–H groups in total. The van der Waals surface area contributed by atoms with E-state index < -0.39 is 32.4 Å². The van der Waals surface area contributed by atoms with Crippen LogP contribution in [0, 0.1) is 5.21 Å². The summed E-state index contributed by atoms with van der Waals surface area (Å²) in [5.74, 6) is -0.551. The van der Waals surface area contributed by atoms with Crippen molar-refractivity contribution in [1.29, 1.82) is 0 Å². The first kappa shape index (κ1) is 17.8. The van der Waals surface area contributed by atoms with Gasteiger partial charge in [-0.05, 0) is 47.7 Å². The number of fused-ring (bicyclic) bond motifs is 4. The molecule has 7 heteroatoms. The maximum atomic E-state index is 12.6. The molecule has 1 aliphatic carbocycles. The maximum Gasteiger partial charge on any atom is 0.326 e. The number of carbonyl (C=O) groups is 1. The Balaban J connectivity index is 1.91. The van der Waals surface area contributed by atoms with E-state index in [1.165, 1.54) is 19.1 Å². The minimum atomic E-state index is -4.25. The largest absolute Gasteiger partial charge is 0.617 e. The van der Waals surface area contributed by atoms with Crippen LogP contribution in [0.1, 0.15) is 20.3 Å². The Morgan fingerprint density at radius 1 is 1.12 bits per heavy atom. The second-order valence-electron chi connectivity index (χ2n) is 6.21. The van der Waals surface area contributed by atoms with Crippen LogP contribution in [0.4, 0.5) is 0 Å². The monoisotopic (exact) mass is 360 g/mol. The Hall–Kier alpha value is -2.06. The molecule has 3 atom stereocenters. The van der Waals surface area contributed by atoms with Crippen molar-refractivity contribution < 1.29 is 17.7 Å². The molecule has 3 unspecified atom stereocenters. The van der Waals surface area contributed by atoms with Crippen molar-refractivity contribution in [2.45, 2.75) is 37.2 Å². The topological polar surface area (TPSA) is 105 Å². The minimum Gasteiger partial charge on any atom is -0.617 e. The smallest absolute Gasteiger partial charge is 0.326 e. The Morgan fingerprint density at radius 2 is 1.68 bits per heavy atom. The van der Waals surface area contributed by atoms with E-state index in [2.05, 4.69) is 0 Å². The number of nitrogens with two attached hydrogens (primary N) is 1. The SMILES string of the molecule is CCC(N)C(=O)C(C)[NH+]([O-])S(=O)(=O)c1ccc2c(c1)-c1ccccc1-2. The van der Waals surface area contributed by atoms with E-state index in [-0.39, 0.29) is 4.90 Å². The first-order valence-corrected chi connectivity index (χ1v) is 9.59. The number of ketones is 1. The normalized spacial score (nSPS) is 16.2. The van der Waals surface area contributed by atoms with Gasteiger partial charge in [0.25, 0.3) is 0 Å². The molecule has 0 spiro atoms. The number of hydroxylamine groups is 1. The second-order valence-corrected chi connectivity index (χ2v) is 8.09. The third kappa shape index (κ3) is 2.79. The third-order valence-electron chi connectivity index (χ3n) is 4.66. The van der Waals surface area contributed by atoms with E-state index in [0.717, 1.165) is 22.3 Å². The van der Waals surface area contributed by atoms with Gasteiger partial charge in [0.2, 0.25) is 5.78 Å². The van der Waals surface area contributed by atoms with E-state index in [1.807, 2.05) is 24.3 Å². The molecular weight excluding hydrogens is 340 g/mol. The molecule has 0 aromatic heterocycles. The summed E-state index contributed by atoms with van der Waals surface area (Å²) in [6.07, 6.45) is 0.353. The van der Waals surface area contributed by atoms with Gasteiger partial charge in [-0.25, -0.2) is 0 Å². The van der Waals surface area contributed by atoms with Gasteiger partial charge in [-0.15, -0.1) is 0 Å². The highest BCUT2D eigenvalue weighted by Gasteiger charge is 2.34. The zero-order chi connectivity index (χ0) is 18.4. The number of rotatable bonds is 6.